The summed E-state index contributed by atoms with van der Waals surface area (Å²) in [5.41, 5.74) is 1.73. The van der Waals surface area contributed by atoms with Gasteiger partial charge in [0, 0.05) is 21.9 Å². The number of hydrogen-bond acceptors (Lipinski definition) is 1. The molecule has 0 radical (unpaired) electrons. The van der Waals surface area contributed by atoms with E-state index in [4.69, 9.17) is 0 Å². The molecule has 16 heavy (non-hydrogen) atoms. The highest BCUT2D eigenvalue weighted by Gasteiger charge is 2.09. The van der Waals surface area contributed by atoms with Gasteiger partial charge in [-0.25, -0.2) is 0 Å². The van der Waals surface area contributed by atoms with Gasteiger partial charge in [-0.2, -0.15) is 0 Å². The first-order valence-corrected chi connectivity index (χ1v) is 7.17. The summed E-state index contributed by atoms with van der Waals surface area (Å²) in [6.45, 7) is 2.67. The predicted molar refractivity (Wildman–Crippen MR) is 74.2 cm³/mol. The van der Waals surface area contributed by atoms with Crippen molar-refractivity contribution in [1.82, 2.24) is 5.32 Å². The number of amides is 1. The van der Waals surface area contributed by atoms with Crippen molar-refractivity contribution in [3.63, 3.8) is 0 Å². The maximum absolute atomic E-state index is 11.8. The summed E-state index contributed by atoms with van der Waals surface area (Å²) in [5.74, 6) is 0.00775. The van der Waals surface area contributed by atoms with Gasteiger partial charge in [-0.15, -0.1) is 0 Å². The monoisotopic (exact) mass is 347 g/mol. The van der Waals surface area contributed by atoms with Crippen molar-refractivity contribution >= 4 is 37.8 Å². The number of benzene rings is 1. The number of carbonyl (C=O) groups excluding carboxylic acids is 1. The van der Waals surface area contributed by atoms with Gasteiger partial charge in [-0.1, -0.05) is 37.9 Å². The van der Waals surface area contributed by atoms with Crippen LogP contribution in [0.3, 0.4) is 0 Å². The standard InChI is InChI=1S/C12H15Br2NO/c1-9-10(5-4-6-11(9)14)12(16)15-8-3-2-7-13/h4-6H,2-3,7-8H2,1H3,(H,15,16). The molecule has 0 fully saturated rings. The molecule has 0 spiro atoms. The van der Waals surface area contributed by atoms with Crippen molar-refractivity contribution in [2.45, 2.75) is 19.8 Å². The lowest BCUT2D eigenvalue weighted by Crippen LogP contribution is -2.25. The van der Waals surface area contributed by atoms with Crippen molar-refractivity contribution in [2.75, 3.05) is 11.9 Å². The number of carbonyl (C=O) groups is 1. The molecule has 0 unspecified atom stereocenters. The molecular weight excluding hydrogens is 334 g/mol. The van der Waals surface area contributed by atoms with Crippen LogP contribution in [-0.4, -0.2) is 17.8 Å². The van der Waals surface area contributed by atoms with E-state index in [1.807, 2.05) is 25.1 Å². The molecule has 0 aromatic heterocycles. The van der Waals surface area contributed by atoms with Crippen molar-refractivity contribution in [3.8, 4) is 0 Å². The molecule has 1 N–H and O–H groups in total. The first-order valence-electron chi connectivity index (χ1n) is 5.26. The fourth-order valence-electron chi connectivity index (χ4n) is 1.37. The molecule has 0 bridgehead atoms. The minimum absolute atomic E-state index is 0.00775. The lowest BCUT2D eigenvalue weighted by atomic mass is 10.1. The van der Waals surface area contributed by atoms with E-state index in [0.717, 1.165) is 40.3 Å². The quantitative estimate of drug-likeness (QED) is 0.638. The fraction of sp³-hybridized carbons (Fsp3) is 0.417. The summed E-state index contributed by atoms with van der Waals surface area (Å²) in [6.07, 6.45) is 2.09. The van der Waals surface area contributed by atoms with Crippen LogP contribution in [0, 0.1) is 6.92 Å². The van der Waals surface area contributed by atoms with Crippen molar-refractivity contribution in [1.29, 1.82) is 0 Å². The molecule has 0 aliphatic rings. The summed E-state index contributed by atoms with van der Waals surface area (Å²) in [5, 5.41) is 3.91. The number of rotatable bonds is 5. The van der Waals surface area contributed by atoms with Gasteiger partial charge >= 0.3 is 0 Å². The second-order valence-corrected chi connectivity index (χ2v) is 5.21. The van der Waals surface area contributed by atoms with Crippen LogP contribution in [0.25, 0.3) is 0 Å². The molecule has 4 heteroatoms. The molecule has 0 atom stereocenters. The predicted octanol–water partition coefficient (Wildman–Crippen LogP) is 3.66. The Morgan fingerprint density at radius 2 is 2.12 bits per heavy atom. The topological polar surface area (TPSA) is 29.1 Å². The van der Waals surface area contributed by atoms with E-state index in [9.17, 15) is 4.79 Å². The van der Waals surface area contributed by atoms with Gasteiger partial charge in [0.1, 0.15) is 0 Å². The van der Waals surface area contributed by atoms with Gasteiger partial charge in [-0.05, 0) is 37.5 Å². The summed E-state index contributed by atoms with van der Waals surface area (Å²) < 4.78 is 0.973. The molecule has 0 aliphatic heterocycles. The Morgan fingerprint density at radius 1 is 1.38 bits per heavy atom. The molecule has 0 heterocycles. The molecule has 88 valence electrons. The molecule has 0 aliphatic carbocycles. The van der Waals surface area contributed by atoms with Gasteiger partial charge in [0.05, 0.1) is 0 Å². The smallest absolute Gasteiger partial charge is 0.251 e. The first-order chi connectivity index (χ1) is 7.66. The number of alkyl halides is 1. The highest BCUT2D eigenvalue weighted by atomic mass is 79.9. The van der Waals surface area contributed by atoms with E-state index in [1.54, 1.807) is 0 Å². The molecule has 0 saturated heterocycles. The number of halogens is 2. The Morgan fingerprint density at radius 3 is 2.81 bits per heavy atom. The summed E-state index contributed by atoms with van der Waals surface area (Å²) in [6, 6.07) is 5.67. The number of hydrogen-bond donors (Lipinski definition) is 1. The summed E-state index contributed by atoms with van der Waals surface area (Å²) >= 11 is 6.78. The third-order valence-corrected chi connectivity index (χ3v) is 3.78. The van der Waals surface area contributed by atoms with Crippen molar-refractivity contribution < 1.29 is 4.79 Å². The second-order valence-electron chi connectivity index (χ2n) is 3.56. The van der Waals surface area contributed by atoms with E-state index < -0.39 is 0 Å². The van der Waals surface area contributed by atoms with E-state index >= 15 is 0 Å². The zero-order chi connectivity index (χ0) is 12.0. The zero-order valence-electron chi connectivity index (χ0n) is 9.22. The van der Waals surface area contributed by atoms with Gasteiger partial charge in [-0.3, -0.25) is 4.79 Å². The molecule has 2 nitrogen and oxygen atoms in total. The number of unbranched alkanes of at least 4 members (excludes halogenated alkanes) is 1. The lowest BCUT2D eigenvalue weighted by molar-refractivity contribution is 0.0952. The molecule has 1 aromatic carbocycles. The largest absolute Gasteiger partial charge is 0.352 e. The van der Waals surface area contributed by atoms with Crippen LogP contribution in [0.5, 0.6) is 0 Å². The molecule has 1 rings (SSSR count). The SMILES string of the molecule is Cc1c(Br)cccc1C(=O)NCCCCBr. The summed E-state index contributed by atoms with van der Waals surface area (Å²) in [4.78, 5) is 11.8. The Kier molecular flexibility index (Phi) is 6.06. The second kappa shape index (κ2) is 7.07. The number of nitrogens with one attached hydrogen (secondary N) is 1. The molecular formula is C12H15Br2NO. The van der Waals surface area contributed by atoms with E-state index in [1.165, 1.54) is 0 Å². The van der Waals surface area contributed by atoms with E-state index in [0.29, 0.717) is 0 Å². The van der Waals surface area contributed by atoms with Gasteiger partial charge in [0.25, 0.3) is 5.91 Å². The van der Waals surface area contributed by atoms with E-state index in [2.05, 4.69) is 37.2 Å². The Hall–Kier alpha value is -0.350. The van der Waals surface area contributed by atoms with Gasteiger partial charge in [0.15, 0.2) is 0 Å². The lowest BCUT2D eigenvalue weighted by Gasteiger charge is -2.08. The van der Waals surface area contributed by atoms with Crippen LogP contribution in [-0.2, 0) is 0 Å². The van der Waals surface area contributed by atoms with Gasteiger partial charge in [0.2, 0.25) is 0 Å². The fourth-order valence-corrected chi connectivity index (χ4v) is 2.13. The Balaban J connectivity index is 2.56. The average molecular weight is 349 g/mol. The minimum Gasteiger partial charge on any atom is -0.352 e. The Labute approximate surface area is 113 Å². The maximum atomic E-state index is 11.8. The van der Waals surface area contributed by atoms with Crippen LogP contribution in [0.4, 0.5) is 0 Å². The molecule has 0 saturated carbocycles. The highest BCUT2D eigenvalue weighted by Crippen LogP contribution is 2.19. The van der Waals surface area contributed by atoms with E-state index in [-0.39, 0.29) is 5.91 Å². The van der Waals surface area contributed by atoms with Crippen LogP contribution >= 0.6 is 31.9 Å². The minimum atomic E-state index is 0.00775. The third-order valence-electron chi connectivity index (χ3n) is 2.36. The highest BCUT2D eigenvalue weighted by molar-refractivity contribution is 9.10. The normalized spacial score (nSPS) is 10.2. The zero-order valence-corrected chi connectivity index (χ0v) is 12.4. The Bertz CT molecular complexity index is 366. The van der Waals surface area contributed by atoms with Crippen LogP contribution in [0.2, 0.25) is 0 Å². The maximum Gasteiger partial charge on any atom is 0.251 e. The van der Waals surface area contributed by atoms with Crippen molar-refractivity contribution in [2.24, 2.45) is 0 Å². The van der Waals surface area contributed by atoms with Crippen LogP contribution in [0.1, 0.15) is 28.8 Å². The average Bonchev–Trinajstić information content (AvgIpc) is 2.28. The third kappa shape index (κ3) is 3.91. The molecule has 1 amide bonds. The van der Waals surface area contributed by atoms with Crippen LogP contribution < -0.4 is 5.32 Å². The van der Waals surface area contributed by atoms with Gasteiger partial charge < -0.3 is 5.32 Å². The van der Waals surface area contributed by atoms with Crippen LogP contribution in [0.15, 0.2) is 22.7 Å². The first kappa shape index (κ1) is 13.7. The van der Waals surface area contributed by atoms with Crippen molar-refractivity contribution in [3.05, 3.63) is 33.8 Å². The summed E-state index contributed by atoms with van der Waals surface area (Å²) in [7, 11) is 0. The molecule has 1 aromatic rings.